The van der Waals surface area contributed by atoms with Gasteiger partial charge in [0.1, 0.15) is 4.87 Å². The lowest BCUT2D eigenvalue weighted by molar-refractivity contribution is -0.0151. The lowest BCUT2D eigenvalue weighted by Crippen LogP contribution is -2.41. The molecule has 4 nitrogen and oxygen atoms in total. The van der Waals surface area contributed by atoms with Crippen LogP contribution in [0.3, 0.4) is 0 Å². The quantitative estimate of drug-likeness (QED) is 0.718. The summed E-state index contributed by atoms with van der Waals surface area (Å²) in [4.78, 5) is 16.0. The Morgan fingerprint density at radius 3 is 2.67 bits per heavy atom. The molecule has 1 aliphatic heterocycles. The summed E-state index contributed by atoms with van der Waals surface area (Å²) in [7, 11) is 0. The fraction of sp³-hybridized carbons (Fsp3) is 0.300. The van der Waals surface area contributed by atoms with Crippen LogP contribution in [0.4, 0.5) is 0 Å². The number of alkyl halides is 1. The molecule has 15 heavy (non-hydrogen) atoms. The maximum atomic E-state index is 11.1. The number of hydrogen-bond acceptors (Lipinski definition) is 2. The summed E-state index contributed by atoms with van der Waals surface area (Å²) in [6.45, 7) is 1.05. The minimum absolute atomic E-state index is 0.198. The maximum Gasteiger partial charge on any atom is 0.323 e. The number of rotatable bonds is 1. The van der Waals surface area contributed by atoms with Gasteiger partial charge in [0.15, 0.2) is 0 Å². The second-order valence-corrected chi connectivity index (χ2v) is 4.52. The molecule has 1 saturated heterocycles. The van der Waals surface area contributed by atoms with Gasteiger partial charge in [0.25, 0.3) is 0 Å². The lowest BCUT2D eigenvalue weighted by Gasteiger charge is -2.35. The van der Waals surface area contributed by atoms with Crippen molar-refractivity contribution in [1.29, 1.82) is 0 Å². The molecule has 0 unspecified atom stereocenters. The molecule has 3 rings (SSSR count). The molecule has 0 radical (unpaired) electrons. The first-order valence-electron chi connectivity index (χ1n) is 4.67. The molecular formula is C10H9ClN2O2. The molecule has 78 valence electrons. The molecule has 0 atom stereocenters. The van der Waals surface area contributed by atoms with Crippen LogP contribution in [-0.2, 0) is 9.61 Å². The van der Waals surface area contributed by atoms with E-state index in [1.807, 2.05) is 18.2 Å². The number of halogens is 1. The highest BCUT2D eigenvalue weighted by Gasteiger charge is 2.38. The topological polar surface area (TPSA) is 57.9 Å². The van der Waals surface area contributed by atoms with Crippen LogP contribution in [0.5, 0.6) is 0 Å². The first kappa shape index (κ1) is 9.00. The predicted octanol–water partition coefficient (Wildman–Crippen LogP) is 1.32. The Kier molecular flexibility index (Phi) is 1.72. The van der Waals surface area contributed by atoms with Crippen molar-refractivity contribution in [1.82, 2.24) is 9.97 Å². The van der Waals surface area contributed by atoms with E-state index in [9.17, 15) is 4.79 Å². The van der Waals surface area contributed by atoms with Crippen LogP contribution in [0.2, 0.25) is 0 Å². The van der Waals surface area contributed by atoms with Crippen LogP contribution in [0.15, 0.2) is 23.0 Å². The van der Waals surface area contributed by atoms with E-state index in [1.54, 1.807) is 0 Å². The van der Waals surface area contributed by atoms with Crippen LogP contribution in [0, 0.1) is 0 Å². The van der Waals surface area contributed by atoms with Gasteiger partial charge in [0, 0.05) is 0 Å². The summed E-state index contributed by atoms with van der Waals surface area (Å²) in [6, 6.07) is 5.66. The van der Waals surface area contributed by atoms with Gasteiger partial charge in [0.05, 0.1) is 24.2 Å². The highest BCUT2D eigenvalue weighted by molar-refractivity contribution is 6.24. The molecule has 1 aliphatic rings. The third kappa shape index (κ3) is 1.29. The average molecular weight is 225 g/mol. The number of benzene rings is 1. The number of ether oxygens (including phenoxy) is 1. The highest BCUT2D eigenvalue weighted by Crippen LogP contribution is 2.37. The fourth-order valence-corrected chi connectivity index (χ4v) is 2.03. The molecule has 0 spiro atoms. The normalized spacial score (nSPS) is 19.0. The van der Waals surface area contributed by atoms with E-state index in [2.05, 4.69) is 9.97 Å². The predicted molar refractivity (Wildman–Crippen MR) is 57.3 cm³/mol. The van der Waals surface area contributed by atoms with Gasteiger partial charge in [-0.25, -0.2) is 4.79 Å². The van der Waals surface area contributed by atoms with Gasteiger partial charge in [-0.05, 0) is 17.7 Å². The molecule has 2 N–H and O–H groups in total. The first-order valence-corrected chi connectivity index (χ1v) is 5.04. The summed E-state index contributed by atoms with van der Waals surface area (Å²) in [5.41, 5.74) is 2.36. The number of H-pyrrole nitrogens is 2. The number of imidazole rings is 1. The van der Waals surface area contributed by atoms with E-state index in [0.717, 1.165) is 16.6 Å². The van der Waals surface area contributed by atoms with Gasteiger partial charge in [-0.3, -0.25) is 0 Å². The standard InChI is InChI=1S/C10H9ClN2O2/c11-10(4-15-5-10)6-1-2-7-8(3-6)13-9(14)12-7/h1-3H,4-5H2,(H2,12,13,14). The summed E-state index contributed by atoms with van der Waals surface area (Å²) in [5, 5.41) is 0. The van der Waals surface area contributed by atoms with E-state index in [4.69, 9.17) is 16.3 Å². The molecule has 0 saturated carbocycles. The molecule has 2 heterocycles. The fourth-order valence-electron chi connectivity index (χ4n) is 1.76. The lowest BCUT2D eigenvalue weighted by atomic mass is 9.96. The minimum Gasteiger partial charge on any atom is -0.377 e. The summed E-state index contributed by atoms with van der Waals surface area (Å²) in [5.74, 6) is 0. The van der Waals surface area contributed by atoms with Crippen molar-refractivity contribution in [3.05, 3.63) is 34.2 Å². The molecular weight excluding hydrogens is 216 g/mol. The second-order valence-electron chi connectivity index (χ2n) is 3.80. The molecule has 1 aromatic heterocycles. The van der Waals surface area contributed by atoms with Crippen molar-refractivity contribution in [2.24, 2.45) is 0 Å². The van der Waals surface area contributed by atoms with Crippen molar-refractivity contribution in [3.8, 4) is 0 Å². The van der Waals surface area contributed by atoms with E-state index in [1.165, 1.54) is 0 Å². The monoisotopic (exact) mass is 224 g/mol. The van der Waals surface area contributed by atoms with Gasteiger partial charge < -0.3 is 14.7 Å². The second kappa shape index (κ2) is 2.87. The van der Waals surface area contributed by atoms with Gasteiger partial charge >= 0.3 is 5.69 Å². The van der Waals surface area contributed by atoms with Crippen LogP contribution >= 0.6 is 11.6 Å². The van der Waals surface area contributed by atoms with E-state index < -0.39 is 4.87 Å². The molecule has 0 amide bonds. The Hall–Kier alpha value is -1.26. The van der Waals surface area contributed by atoms with Gasteiger partial charge in [-0.2, -0.15) is 0 Å². The van der Waals surface area contributed by atoms with Crippen molar-refractivity contribution < 1.29 is 4.74 Å². The third-order valence-electron chi connectivity index (χ3n) is 2.70. The number of aromatic amines is 2. The summed E-state index contributed by atoms with van der Waals surface area (Å²) >= 11 is 6.31. The van der Waals surface area contributed by atoms with Crippen molar-refractivity contribution in [2.45, 2.75) is 4.87 Å². The number of fused-ring (bicyclic) bond motifs is 1. The Labute approximate surface area is 90.2 Å². The van der Waals surface area contributed by atoms with E-state index in [-0.39, 0.29) is 5.69 Å². The Morgan fingerprint density at radius 1 is 1.27 bits per heavy atom. The molecule has 2 aromatic rings. The smallest absolute Gasteiger partial charge is 0.323 e. The Bertz CT molecular complexity index is 568. The van der Waals surface area contributed by atoms with Gasteiger partial charge in [0.2, 0.25) is 0 Å². The van der Waals surface area contributed by atoms with Crippen molar-refractivity contribution >= 4 is 22.6 Å². The number of aromatic nitrogens is 2. The largest absolute Gasteiger partial charge is 0.377 e. The molecule has 1 aromatic carbocycles. The summed E-state index contributed by atoms with van der Waals surface area (Å²) < 4.78 is 5.10. The Morgan fingerprint density at radius 2 is 2.00 bits per heavy atom. The molecule has 0 aliphatic carbocycles. The zero-order valence-electron chi connectivity index (χ0n) is 7.84. The van der Waals surface area contributed by atoms with Crippen LogP contribution in [-0.4, -0.2) is 23.2 Å². The zero-order valence-corrected chi connectivity index (χ0v) is 8.60. The number of nitrogens with one attached hydrogen (secondary N) is 2. The van der Waals surface area contributed by atoms with Crippen LogP contribution < -0.4 is 5.69 Å². The molecule has 1 fully saturated rings. The zero-order chi connectivity index (χ0) is 10.5. The highest BCUT2D eigenvalue weighted by atomic mass is 35.5. The Balaban J connectivity index is 2.17. The first-order chi connectivity index (χ1) is 7.17. The molecule has 0 bridgehead atoms. The minimum atomic E-state index is -0.414. The van der Waals surface area contributed by atoms with Gasteiger partial charge in [-0.1, -0.05) is 6.07 Å². The van der Waals surface area contributed by atoms with Crippen LogP contribution in [0.1, 0.15) is 5.56 Å². The van der Waals surface area contributed by atoms with Crippen molar-refractivity contribution in [2.75, 3.05) is 13.2 Å². The average Bonchev–Trinajstić information content (AvgIpc) is 2.53. The van der Waals surface area contributed by atoms with Crippen molar-refractivity contribution in [3.63, 3.8) is 0 Å². The third-order valence-corrected chi connectivity index (χ3v) is 3.13. The number of hydrogen-bond donors (Lipinski definition) is 2. The maximum absolute atomic E-state index is 11.1. The SMILES string of the molecule is O=c1[nH]c2ccc(C3(Cl)COC3)cc2[nH]1. The molecule has 5 heteroatoms. The van der Waals surface area contributed by atoms with Gasteiger partial charge in [-0.15, -0.1) is 11.6 Å². The van der Waals surface area contributed by atoms with E-state index in [0.29, 0.717) is 13.2 Å². The van der Waals surface area contributed by atoms with Crippen LogP contribution in [0.25, 0.3) is 11.0 Å². The summed E-state index contributed by atoms with van der Waals surface area (Å²) in [6.07, 6.45) is 0. The van der Waals surface area contributed by atoms with E-state index >= 15 is 0 Å².